The molecule has 6 nitrogen and oxygen atoms in total. The van der Waals surface area contributed by atoms with Gasteiger partial charge in [0.25, 0.3) is 5.91 Å². The fourth-order valence-corrected chi connectivity index (χ4v) is 1.94. The van der Waals surface area contributed by atoms with Gasteiger partial charge in [0.1, 0.15) is 6.04 Å². The molecule has 0 radical (unpaired) electrons. The Kier molecular flexibility index (Phi) is 5.94. The van der Waals surface area contributed by atoms with Gasteiger partial charge in [0.15, 0.2) is 0 Å². The molecule has 3 N–H and O–H groups in total. The molecule has 24 heavy (non-hydrogen) atoms. The SMILES string of the molecule is CC(=O)Nc1cc(C(=O)N[C@H](C(=O)O)C(C)C)cc(C(F)(F)F)c1. The van der Waals surface area contributed by atoms with Crippen LogP contribution in [0.3, 0.4) is 0 Å². The topological polar surface area (TPSA) is 95.5 Å². The molecule has 0 saturated carbocycles. The number of nitrogens with one attached hydrogen (secondary N) is 2. The minimum atomic E-state index is -4.73. The number of carbonyl (C=O) groups excluding carboxylic acids is 2. The standard InChI is InChI=1S/C15H17F3N2O4/c1-7(2)12(14(23)24)20-13(22)9-4-10(15(16,17)18)6-11(5-9)19-8(3)21/h4-7,12H,1-3H3,(H,19,21)(H,20,22)(H,23,24)/t12-/m0/s1. The van der Waals surface area contributed by atoms with Crippen LogP contribution < -0.4 is 10.6 Å². The second-order valence-electron chi connectivity index (χ2n) is 5.51. The Morgan fingerprint density at radius 3 is 2.12 bits per heavy atom. The van der Waals surface area contributed by atoms with E-state index in [1.54, 1.807) is 13.8 Å². The molecule has 1 aromatic rings. The van der Waals surface area contributed by atoms with Crippen molar-refractivity contribution >= 4 is 23.5 Å². The molecule has 0 unspecified atom stereocenters. The summed E-state index contributed by atoms with van der Waals surface area (Å²) in [6.45, 7) is 4.21. The van der Waals surface area contributed by atoms with Gasteiger partial charge in [-0.15, -0.1) is 0 Å². The van der Waals surface area contributed by atoms with Gasteiger partial charge in [0.05, 0.1) is 5.56 Å². The quantitative estimate of drug-likeness (QED) is 0.763. The lowest BCUT2D eigenvalue weighted by Crippen LogP contribution is -2.44. The van der Waals surface area contributed by atoms with Gasteiger partial charge in [-0.2, -0.15) is 13.2 Å². The van der Waals surface area contributed by atoms with Gasteiger partial charge in [-0.05, 0) is 24.1 Å². The molecule has 2 amide bonds. The Morgan fingerprint density at radius 2 is 1.71 bits per heavy atom. The highest BCUT2D eigenvalue weighted by Gasteiger charge is 2.32. The molecule has 0 spiro atoms. The predicted octanol–water partition coefficient (Wildman–Crippen LogP) is 2.50. The summed E-state index contributed by atoms with van der Waals surface area (Å²) in [6, 6.07) is 1.08. The summed E-state index contributed by atoms with van der Waals surface area (Å²) < 4.78 is 38.8. The number of carboxylic acids is 1. The average Bonchev–Trinajstić information content (AvgIpc) is 2.41. The molecule has 1 atom stereocenters. The Hall–Kier alpha value is -2.58. The van der Waals surface area contributed by atoms with Crippen LogP contribution in [0.25, 0.3) is 0 Å². The second-order valence-corrected chi connectivity index (χ2v) is 5.51. The largest absolute Gasteiger partial charge is 0.480 e. The van der Waals surface area contributed by atoms with Gasteiger partial charge < -0.3 is 15.7 Å². The summed E-state index contributed by atoms with van der Waals surface area (Å²) >= 11 is 0. The van der Waals surface area contributed by atoms with Gasteiger partial charge in [-0.1, -0.05) is 13.8 Å². The first-order valence-corrected chi connectivity index (χ1v) is 6.95. The number of aliphatic carboxylic acids is 1. The smallest absolute Gasteiger partial charge is 0.416 e. The number of anilines is 1. The number of carboxylic acid groups (broad SMARTS) is 1. The first kappa shape index (κ1) is 19.5. The number of carbonyl (C=O) groups is 3. The highest BCUT2D eigenvalue weighted by Crippen LogP contribution is 2.32. The molecular formula is C15H17F3N2O4. The van der Waals surface area contributed by atoms with Crippen molar-refractivity contribution in [1.29, 1.82) is 0 Å². The molecule has 1 rings (SSSR count). The minimum Gasteiger partial charge on any atom is -0.480 e. The molecule has 0 heterocycles. The third-order valence-corrected chi connectivity index (χ3v) is 3.06. The summed E-state index contributed by atoms with van der Waals surface area (Å²) in [5, 5.41) is 13.4. The molecule has 0 saturated heterocycles. The maximum absolute atomic E-state index is 12.9. The minimum absolute atomic E-state index is 0.209. The number of alkyl halides is 3. The van der Waals surface area contributed by atoms with Crippen LogP contribution in [0.5, 0.6) is 0 Å². The number of hydrogen-bond donors (Lipinski definition) is 3. The van der Waals surface area contributed by atoms with E-state index >= 15 is 0 Å². The highest BCUT2D eigenvalue weighted by atomic mass is 19.4. The molecule has 0 bridgehead atoms. The third kappa shape index (κ3) is 5.25. The maximum Gasteiger partial charge on any atom is 0.416 e. The van der Waals surface area contributed by atoms with Crippen molar-refractivity contribution in [2.45, 2.75) is 33.0 Å². The van der Waals surface area contributed by atoms with Crippen molar-refractivity contribution in [2.24, 2.45) is 5.92 Å². The highest BCUT2D eigenvalue weighted by molar-refractivity contribution is 5.98. The zero-order chi connectivity index (χ0) is 18.7. The van der Waals surface area contributed by atoms with Crippen LogP contribution in [0.1, 0.15) is 36.7 Å². The molecular weight excluding hydrogens is 329 g/mol. The van der Waals surface area contributed by atoms with E-state index in [1.165, 1.54) is 0 Å². The van der Waals surface area contributed by atoms with Crippen molar-refractivity contribution in [1.82, 2.24) is 5.32 Å². The molecule has 0 aliphatic rings. The lowest BCUT2D eigenvalue weighted by Gasteiger charge is -2.19. The monoisotopic (exact) mass is 346 g/mol. The Bertz CT molecular complexity index is 657. The van der Waals surface area contributed by atoms with Crippen molar-refractivity contribution in [2.75, 3.05) is 5.32 Å². The predicted molar refractivity (Wildman–Crippen MR) is 79.5 cm³/mol. The van der Waals surface area contributed by atoms with E-state index in [0.29, 0.717) is 12.1 Å². The Morgan fingerprint density at radius 1 is 1.12 bits per heavy atom. The molecule has 0 aliphatic carbocycles. The van der Waals surface area contributed by atoms with E-state index in [1.807, 2.05) is 0 Å². The summed E-state index contributed by atoms with van der Waals surface area (Å²) in [5.41, 5.74) is -1.74. The third-order valence-electron chi connectivity index (χ3n) is 3.06. The molecule has 132 valence electrons. The van der Waals surface area contributed by atoms with E-state index in [2.05, 4.69) is 10.6 Å². The van der Waals surface area contributed by atoms with Crippen molar-refractivity contribution < 1.29 is 32.7 Å². The number of halogens is 3. The van der Waals surface area contributed by atoms with Crippen molar-refractivity contribution in [3.05, 3.63) is 29.3 Å². The van der Waals surface area contributed by atoms with Crippen LogP contribution in [0, 0.1) is 5.92 Å². The zero-order valence-electron chi connectivity index (χ0n) is 13.2. The normalized spacial score (nSPS) is 12.6. The van der Waals surface area contributed by atoms with Crippen molar-refractivity contribution in [3.63, 3.8) is 0 Å². The number of rotatable bonds is 5. The maximum atomic E-state index is 12.9. The van der Waals surface area contributed by atoms with Crippen LogP contribution in [0.15, 0.2) is 18.2 Å². The summed E-state index contributed by atoms with van der Waals surface area (Å²) in [5.74, 6) is -3.35. The van der Waals surface area contributed by atoms with Crippen LogP contribution in [-0.4, -0.2) is 28.9 Å². The van der Waals surface area contributed by atoms with Gasteiger partial charge in [0, 0.05) is 18.2 Å². The first-order valence-electron chi connectivity index (χ1n) is 6.95. The number of hydrogen-bond acceptors (Lipinski definition) is 3. The van der Waals surface area contributed by atoms with Crippen LogP contribution in [0.4, 0.5) is 18.9 Å². The Labute approximate surface area is 136 Å². The van der Waals surface area contributed by atoms with Crippen LogP contribution in [0.2, 0.25) is 0 Å². The fraction of sp³-hybridized carbons (Fsp3) is 0.400. The van der Waals surface area contributed by atoms with E-state index in [0.717, 1.165) is 13.0 Å². The van der Waals surface area contributed by atoms with E-state index < -0.39 is 47.0 Å². The van der Waals surface area contributed by atoms with Crippen LogP contribution in [-0.2, 0) is 15.8 Å². The van der Waals surface area contributed by atoms with Gasteiger partial charge >= 0.3 is 12.1 Å². The van der Waals surface area contributed by atoms with E-state index in [4.69, 9.17) is 5.11 Å². The Balaban J connectivity index is 3.23. The number of amides is 2. The van der Waals surface area contributed by atoms with Gasteiger partial charge in [-0.25, -0.2) is 4.79 Å². The van der Waals surface area contributed by atoms with Crippen molar-refractivity contribution in [3.8, 4) is 0 Å². The molecule has 9 heteroatoms. The lowest BCUT2D eigenvalue weighted by molar-refractivity contribution is -0.140. The molecule has 0 aromatic heterocycles. The molecule has 1 aromatic carbocycles. The summed E-state index contributed by atoms with van der Waals surface area (Å²) in [4.78, 5) is 34.3. The van der Waals surface area contributed by atoms with E-state index in [9.17, 15) is 27.6 Å². The van der Waals surface area contributed by atoms with Gasteiger partial charge in [-0.3, -0.25) is 9.59 Å². The first-order chi connectivity index (χ1) is 10.9. The molecule has 0 aliphatic heterocycles. The van der Waals surface area contributed by atoms with E-state index in [-0.39, 0.29) is 5.69 Å². The average molecular weight is 346 g/mol. The lowest BCUT2D eigenvalue weighted by atomic mass is 10.0. The molecule has 0 fully saturated rings. The summed E-state index contributed by atoms with van der Waals surface area (Å²) in [7, 11) is 0. The second kappa shape index (κ2) is 7.33. The summed E-state index contributed by atoms with van der Waals surface area (Å²) in [6.07, 6.45) is -4.73. The zero-order valence-corrected chi connectivity index (χ0v) is 13.2. The van der Waals surface area contributed by atoms with Gasteiger partial charge in [0.2, 0.25) is 5.91 Å². The van der Waals surface area contributed by atoms with Crippen LogP contribution >= 0.6 is 0 Å². The fourth-order valence-electron chi connectivity index (χ4n) is 1.94. The number of benzene rings is 1.